The molecular formula is C16H19N3O2S. The van der Waals surface area contributed by atoms with Crippen molar-refractivity contribution in [3.8, 4) is 17.0 Å². The van der Waals surface area contributed by atoms with Gasteiger partial charge in [0.25, 0.3) is 0 Å². The Bertz CT molecular complexity index is 650. The third-order valence-electron chi connectivity index (χ3n) is 3.74. The molecule has 2 N–H and O–H groups in total. The number of nitrogens with one attached hydrogen (secondary N) is 2. The lowest BCUT2D eigenvalue weighted by Crippen LogP contribution is -2.43. The fraction of sp³-hybridized carbons (Fsp3) is 0.375. The number of thiazole rings is 1. The number of rotatable bonds is 4. The predicted molar refractivity (Wildman–Crippen MR) is 88.4 cm³/mol. The zero-order chi connectivity index (χ0) is 15.4. The third-order valence-corrected chi connectivity index (χ3v) is 4.50. The lowest BCUT2D eigenvalue weighted by atomic mass is 10.0. The molecular weight excluding hydrogens is 298 g/mol. The molecule has 2 aromatic rings. The Hall–Kier alpha value is -1.92. The zero-order valence-corrected chi connectivity index (χ0v) is 13.3. The molecule has 1 atom stereocenters. The van der Waals surface area contributed by atoms with E-state index in [-0.39, 0.29) is 11.9 Å². The Morgan fingerprint density at radius 2 is 2.27 bits per heavy atom. The summed E-state index contributed by atoms with van der Waals surface area (Å²) in [5.41, 5.74) is 1.74. The van der Waals surface area contributed by atoms with Gasteiger partial charge in [0.05, 0.1) is 18.8 Å². The first-order chi connectivity index (χ1) is 10.8. The van der Waals surface area contributed by atoms with Crippen LogP contribution in [0.15, 0.2) is 29.6 Å². The van der Waals surface area contributed by atoms with Gasteiger partial charge in [0.15, 0.2) is 5.13 Å². The van der Waals surface area contributed by atoms with E-state index in [0.29, 0.717) is 5.13 Å². The molecule has 1 fully saturated rings. The van der Waals surface area contributed by atoms with E-state index in [4.69, 9.17) is 4.74 Å². The second-order valence-corrected chi connectivity index (χ2v) is 6.09. The first kappa shape index (κ1) is 15.0. The Morgan fingerprint density at radius 3 is 3.05 bits per heavy atom. The molecule has 6 heteroatoms. The van der Waals surface area contributed by atoms with Gasteiger partial charge in [-0.3, -0.25) is 4.79 Å². The van der Waals surface area contributed by atoms with E-state index in [2.05, 4.69) is 15.6 Å². The zero-order valence-electron chi connectivity index (χ0n) is 12.5. The van der Waals surface area contributed by atoms with Crippen LogP contribution in [0.2, 0.25) is 0 Å². The minimum absolute atomic E-state index is 0.000580. The number of carbonyl (C=O) groups excluding carboxylic acids is 1. The predicted octanol–water partition coefficient (Wildman–Crippen LogP) is 2.90. The first-order valence-corrected chi connectivity index (χ1v) is 8.29. The number of hydrogen-bond donors (Lipinski definition) is 2. The molecule has 3 rings (SSSR count). The van der Waals surface area contributed by atoms with Crippen molar-refractivity contribution >= 4 is 22.4 Å². The molecule has 1 aromatic carbocycles. The topological polar surface area (TPSA) is 63.2 Å². The molecule has 1 unspecified atom stereocenters. The largest absolute Gasteiger partial charge is 0.496 e. The maximum absolute atomic E-state index is 12.2. The number of para-hydroxylation sites is 1. The number of anilines is 1. The molecule has 0 aliphatic carbocycles. The normalized spacial score (nSPS) is 18.0. The number of ether oxygens (including phenoxy) is 1. The summed E-state index contributed by atoms with van der Waals surface area (Å²) in [4.78, 5) is 16.7. The summed E-state index contributed by atoms with van der Waals surface area (Å²) < 4.78 is 5.35. The Balaban J connectivity index is 1.72. The van der Waals surface area contributed by atoms with Gasteiger partial charge >= 0.3 is 0 Å². The molecule has 0 bridgehead atoms. The molecule has 22 heavy (non-hydrogen) atoms. The minimum Gasteiger partial charge on any atom is -0.496 e. The van der Waals surface area contributed by atoms with Crippen LogP contribution in [0.4, 0.5) is 5.13 Å². The van der Waals surface area contributed by atoms with Crippen molar-refractivity contribution in [3.05, 3.63) is 29.6 Å². The van der Waals surface area contributed by atoms with Crippen molar-refractivity contribution in [2.24, 2.45) is 0 Å². The maximum Gasteiger partial charge on any atom is 0.243 e. The summed E-state index contributed by atoms with van der Waals surface area (Å²) in [5, 5.41) is 8.70. The third kappa shape index (κ3) is 3.28. The van der Waals surface area contributed by atoms with E-state index in [1.165, 1.54) is 11.3 Å². The summed E-state index contributed by atoms with van der Waals surface area (Å²) in [6.07, 6.45) is 3.12. The summed E-state index contributed by atoms with van der Waals surface area (Å²) in [6, 6.07) is 7.63. The molecule has 1 aliphatic rings. The Kier molecular flexibility index (Phi) is 4.70. The van der Waals surface area contributed by atoms with Crippen LogP contribution < -0.4 is 15.4 Å². The molecule has 116 valence electrons. The van der Waals surface area contributed by atoms with Gasteiger partial charge in [0.2, 0.25) is 5.91 Å². The minimum atomic E-state index is -0.104. The van der Waals surface area contributed by atoms with Crippen LogP contribution in [0.25, 0.3) is 11.3 Å². The molecule has 1 aliphatic heterocycles. The van der Waals surface area contributed by atoms with Crippen LogP contribution >= 0.6 is 11.3 Å². The van der Waals surface area contributed by atoms with Gasteiger partial charge in [0, 0.05) is 10.9 Å². The number of amides is 1. The van der Waals surface area contributed by atoms with Crippen molar-refractivity contribution in [1.82, 2.24) is 10.3 Å². The second-order valence-electron chi connectivity index (χ2n) is 5.23. The molecule has 0 radical (unpaired) electrons. The van der Waals surface area contributed by atoms with Crippen molar-refractivity contribution in [1.29, 1.82) is 0 Å². The lowest BCUT2D eigenvalue weighted by Gasteiger charge is -2.21. The number of piperidine rings is 1. The summed E-state index contributed by atoms with van der Waals surface area (Å²) in [5.74, 6) is 0.778. The van der Waals surface area contributed by atoms with Crippen LogP contribution in [0.3, 0.4) is 0 Å². The van der Waals surface area contributed by atoms with Gasteiger partial charge in [-0.15, -0.1) is 11.3 Å². The molecule has 0 spiro atoms. The number of carbonyl (C=O) groups is 1. The SMILES string of the molecule is COc1ccccc1-c1csc(NC(=O)C2CCCCN2)n1. The average molecular weight is 317 g/mol. The summed E-state index contributed by atoms with van der Waals surface area (Å²) >= 11 is 1.43. The number of methoxy groups -OCH3 is 1. The van der Waals surface area contributed by atoms with E-state index in [1.807, 2.05) is 29.6 Å². The van der Waals surface area contributed by atoms with Crippen molar-refractivity contribution < 1.29 is 9.53 Å². The maximum atomic E-state index is 12.2. The highest BCUT2D eigenvalue weighted by Crippen LogP contribution is 2.31. The molecule has 2 heterocycles. The highest BCUT2D eigenvalue weighted by Gasteiger charge is 2.21. The van der Waals surface area contributed by atoms with Gasteiger partial charge in [-0.1, -0.05) is 18.6 Å². The first-order valence-electron chi connectivity index (χ1n) is 7.41. The van der Waals surface area contributed by atoms with E-state index < -0.39 is 0 Å². The van der Waals surface area contributed by atoms with Crippen LogP contribution in [-0.2, 0) is 4.79 Å². The fourth-order valence-electron chi connectivity index (χ4n) is 2.58. The van der Waals surface area contributed by atoms with Gasteiger partial charge in [-0.05, 0) is 31.5 Å². The van der Waals surface area contributed by atoms with Gasteiger partial charge in [-0.25, -0.2) is 4.98 Å². The Morgan fingerprint density at radius 1 is 1.41 bits per heavy atom. The van der Waals surface area contributed by atoms with E-state index in [9.17, 15) is 4.79 Å². The molecule has 5 nitrogen and oxygen atoms in total. The molecule has 1 amide bonds. The smallest absolute Gasteiger partial charge is 0.243 e. The van der Waals surface area contributed by atoms with Crippen molar-refractivity contribution in [3.63, 3.8) is 0 Å². The standard InChI is InChI=1S/C16H19N3O2S/c1-21-14-8-3-2-6-11(14)13-10-22-16(18-13)19-15(20)12-7-4-5-9-17-12/h2-3,6,8,10,12,17H,4-5,7,9H2,1H3,(H,18,19,20). The second kappa shape index (κ2) is 6.89. The van der Waals surface area contributed by atoms with Gasteiger partial charge in [0.1, 0.15) is 5.75 Å². The van der Waals surface area contributed by atoms with Crippen molar-refractivity contribution in [2.45, 2.75) is 25.3 Å². The fourth-order valence-corrected chi connectivity index (χ4v) is 3.29. The number of hydrogen-bond acceptors (Lipinski definition) is 5. The monoisotopic (exact) mass is 317 g/mol. The van der Waals surface area contributed by atoms with Gasteiger partial charge < -0.3 is 15.4 Å². The number of nitrogens with zero attached hydrogens (tertiary/aromatic N) is 1. The molecule has 1 aromatic heterocycles. The van der Waals surface area contributed by atoms with E-state index >= 15 is 0 Å². The molecule has 1 saturated heterocycles. The van der Waals surface area contributed by atoms with E-state index in [0.717, 1.165) is 42.8 Å². The van der Waals surface area contributed by atoms with Crippen LogP contribution in [0.5, 0.6) is 5.75 Å². The average Bonchev–Trinajstić information content (AvgIpc) is 3.04. The van der Waals surface area contributed by atoms with Gasteiger partial charge in [-0.2, -0.15) is 0 Å². The van der Waals surface area contributed by atoms with Crippen LogP contribution in [-0.4, -0.2) is 30.6 Å². The van der Waals surface area contributed by atoms with Crippen LogP contribution in [0.1, 0.15) is 19.3 Å². The van der Waals surface area contributed by atoms with Crippen LogP contribution in [0, 0.1) is 0 Å². The highest BCUT2D eigenvalue weighted by molar-refractivity contribution is 7.14. The number of aromatic nitrogens is 1. The summed E-state index contributed by atoms with van der Waals surface area (Å²) in [7, 11) is 1.64. The highest BCUT2D eigenvalue weighted by atomic mass is 32.1. The number of benzene rings is 1. The van der Waals surface area contributed by atoms with Crippen molar-refractivity contribution in [2.75, 3.05) is 19.0 Å². The Labute approximate surface area is 133 Å². The van der Waals surface area contributed by atoms with E-state index in [1.54, 1.807) is 7.11 Å². The summed E-state index contributed by atoms with van der Waals surface area (Å²) in [6.45, 7) is 0.905. The molecule has 0 saturated carbocycles. The lowest BCUT2D eigenvalue weighted by molar-refractivity contribution is -0.118. The quantitative estimate of drug-likeness (QED) is 0.910.